The molecule has 2 aromatic rings. The lowest BCUT2D eigenvalue weighted by Crippen LogP contribution is -2.63. The van der Waals surface area contributed by atoms with Crippen molar-refractivity contribution in [3.8, 4) is 11.5 Å². The van der Waals surface area contributed by atoms with Crippen LogP contribution in [-0.2, 0) is 13.2 Å². The predicted octanol–water partition coefficient (Wildman–Crippen LogP) is 6.78. The zero-order valence-corrected chi connectivity index (χ0v) is 21.7. The fraction of sp³-hybridized carbons (Fsp3) is 0.556. The number of nitro groups is 1. The lowest BCUT2D eigenvalue weighted by molar-refractivity contribution is -0.384. The third-order valence-electron chi connectivity index (χ3n) is 8.18. The third kappa shape index (κ3) is 4.44. The number of methoxy groups -OCH3 is 1. The second kappa shape index (κ2) is 8.52. The molecule has 34 heavy (non-hydrogen) atoms. The molecule has 6 nitrogen and oxygen atoms in total. The van der Waals surface area contributed by atoms with Crippen molar-refractivity contribution in [3.05, 3.63) is 62.1 Å². The van der Waals surface area contributed by atoms with Gasteiger partial charge in [-0.2, -0.15) is 0 Å². The molecule has 2 aromatic carbocycles. The van der Waals surface area contributed by atoms with E-state index in [0.717, 1.165) is 21.5 Å². The van der Waals surface area contributed by atoms with Gasteiger partial charge in [0, 0.05) is 34.3 Å². The summed E-state index contributed by atoms with van der Waals surface area (Å²) in [6.07, 6.45) is 7.85. The minimum atomic E-state index is -0.392. The van der Waals surface area contributed by atoms with Gasteiger partial charge in [-0.15, -0.1) is 0 Å². The van der Waals surface area contributed by atoms with Crippen molar-refractivity contribution in [2.45, 2.75) is 71.1 Å². The van der Waals surface area contributed by atoms with E-state index in [-0.39, 0.29) is 11.2 Å². The highest BCUT2D eigenvalue weighted by Gasteiger charge is 2.59. The SMILES string of the molecule is COc1ccc(Br)c(CNC23CC4CC(C)(CC(C)(C4)C2)C3)c1OCc1ccc([N+](=O)[O-])cc1. The van der Waals surface area contributed by atoms with Gasteiger partial charge in [0.15, 0.2) is 11.5 Å². The number of hydrogen-bond acceptors (Lipinski definition) is 5. The fourth-order valence-corrected chi connectivity index (χ4v) is 8.31. The number of ether oxygens (including phenoxy) is 2. The van der Waals surface area contributed by atoms with E-state index in [1.165, 1.54) is 50.7 Å². The van der Waals surface area contributed by atoms with Crippen molar-refractivity contribution >= 4 is 21.6 Å². The zero-order chi connectivity index (χ0) is 24.1. The Balaban J connectivity index is 1.36. The van der Waals surface area contributed by atoms with Crippen LogP contribution >= 0.6 is 15.9 Å². The van der Waals surface area contributed by atoms with Crippen LogP contribution in [0.3, 0.4) is 0 Å². The number of nitro benzene ring substituents is 1. The Kier molecular flexibility index (Phi) is 5.92. The van der Waals surface area contributed by atoms with Gasteiger partial charge in [0.2, 0.25) is 0 Å². The summed E-state index contributed by atoms with van der Waals surface area (Å²) in [6, 6.07) is 10.4. The number of hydrogen-bond donors (Lipinski definition) is 1. The molecule has 6 rings (SSSR count). The van der Waals surface area contributed by atoms with Crippen molar-refractivity contribution < 1.29 is 14.4 Å². The molecule has 0 spiro atoms. The van der Waals surface area contributed by atoms with Gasteiger partial charge in [0.05, 0.1) is 12.0 Å². The van der Waals surface area contributed by atoms with Crippen LogP contribution in [0.2, 0.25) is 0 Å². The van der Waals surface area contributed by atoms with E-state index in [9.17, 15) is 10.1 Å². The van der Waals surface area contributed by atoms with E-state index in [4.69, 9.17) is 9.47 Å². The van der Waals surface area contributed by atoms with Crippen LogP contribution in [-0.4, -0.2) is 17.6 Å². The van der Waals surface area contributed by atoms with Crippen LogP contribution in [0.15, 0.2) is 40.9 Å². The number of benzene rings is 2. The Morgan fingerprint density at radius 1 is 1.06 bits per heavy atom. The molecule has 0 amide bonds. The van der Waals surface area contributed by atoms with Gasteiger partial charge in [-0.05, 0) is 85.1 Å². The normalized spacial score (nSPS) is 31.5. The second-order valence-electron chi connectivity index (χ2n) is 11.5. The monoisotopic (exact) mass is 528 g/mol. The molecule has 0 saturated heterocycles. The summed E-state index contributed by atoms with van der Waals surface area (Å²) < 4.78 is 12.9. The van der Waals surface area contributed by atoms with Crippen LogP contribution in [0.25, 0.3) is 0 Å². The largest absolute Gasteiger partial charge is 0.493 e. The Morgan fingerprint density at radius 2 is 1.74 bits per heavy atom. The first kappa shape index (κ1) is 23.6. The van der Waals surface area contributed by atoms with E-state index in [1.807, 2.05) is 12.1 Å². The van der Waals surface area contributed by atoms with E-state index in [0.29, 0.717) is 35.5 Å². The number of nitrogens with zero attached hydrogens (tertiary/aromatic N) is 1. The van der Waals surface area contributed by atoms with Crippen LogP contribution in [0.4, 0.5) is 5.69 Å². The number of halogens is 1. The van der Waals surface area contributed by atoms with Gasteiger partial charge >= 0.3 is 0 Å². The first-order valence-corrected chi connectivity index (χ1v) is 12.9. The van der Waals surface area contributed by atoms with Gasteiger partial charge in [0.25, 0.3) is 5.69 Å². The third-order valence-corrected chi connectivity index (χ3v) is 8.93. The van der Waals surface area contributed by atoms with Crippen LogP contribution in [0.5, 0.6) is 11.5 Å². The predicted molar refractivity (Wildman–Crippen MR) is 135 cm³/mol. The van der Waals surface area contributed by atoms with E-state index in [1.54, 1.807) is 19.2 Å². The first-order chi connectivity index (χ1) is 16.1. The minimum Gasteiger partial charge on any atom is -0.493 e. The van der Waals surface area contributed by atoms with Crippen LogP contribution in [0.1, 0.15) is 63.5 Å². The number of rotatable bonds is 8. The molecule has 2 unspecified atom stereocenters. The maximum atomic E-state index is 10.9. The average molecular weight is 529 g/mol. The Labute approximate surface area is 209 Å². The molecule has 0 aromatic heterocycles. The summed E-state index contributed by atoms with van der Waals surface area (Å²) in [5.74, 6) is 2.22. The fourth-order valence-electron chi connectivity index (χ4n) is 7.86. The molecular formula is C27H33BrN2O4. The van der Waals surface area contributed by atoms with Gasteiger partial charge in [-0.3, -0.25) is 10.1 Å². The van der Waals surface area contributed by atoms with Crippen molar-refractivity contribution in [3.63, 3.8) is 0 Å². The quantitative estimate of drug-likeness (QED) is 0.301. The van der Waals surface area contributed by atoms with Crippen molar-refractivity contribution in [2.24, 2.45) is 16.7 Å². The van der Waals surface area contributed by atoms with Gasteiger partial charge in [0.1, 0.15) is 6.61 Å². The smallest absolute Gasteiger partial charge is 0.269 e. The molecule has 1 N–H and O–H groups in total. The molecular weight excluding hydrogens is 496 g/mol. The van der Waals surface area contributed by atoms with E-state index in [2.05, 4.69) is 35.1 Å². The lowest BCUT2D eigenvalue weighted by atomic mass is 9.43. The van der Waals surface area contributed by atoms with Gasteiger partial charge in [-0.1, -0.05) is 29.8 Å². The van der Waals surface area contributed by atoms with Crippen LogP contribution < -0.4 is 14.8 Å². The maximum absolute atomic E-state index is 10.9. The Bertz CT molecular complexity index is 1080. The average Bonchev–Trinajstić information content (AvgIpc) is 2.74. The highest BCUT2D eigenvalue weighted by Crippen LogP contribution is 2.66. The molecule has 0 radical (unpaired) electrons. The number of non-ortho nitro benzene ring substituents is 1. The molecule has 4 fully saturated rings. The van der Waals surface area contributed by atoms with Gasteiger partial charge in [-0.25, -0.2) is 0 Å². The second-order valence-corrected chi connectivity index (χ2v) is 12.4. The molecule has 4 aliphatic carbocycles. The van der Waals surface area contributed by atoms with Crippen molar-refractivity contribution in [1.29, 1.82) is 0 Å². The van der Waals surface area contributed by atoms with Gasteiger partial charge < -0.3 is 14.8 Å². The summed E-state index contributed by atoms with van der Waals surface area (Å²) in [6.45, 7) is 5.99. The molecule has 0 aliphatic heterocycles. The number of nitrogens with one attached hydrogen (secondary N) is 1. The summed E-state index contributed by atoms with van der Waals surface area (Å²) in [7, 11) is 1.65. The minimum absolute atomic E-state index is 0.0756. The molecule has 4 saturated carbocycles. The lowest BCUT2D eigenvalue weighted by Gasteiger charge is -2.65. The molecule has 0 heterocycles. The molecule has 4 bridgehead atoms. The summed E-state index contributed by atoms with van der Waals surface area (Å²) in [5, 5.41) is 14.9. The Morgan fingerprint density at radius 3 is 2.32 bits per heavy atom. The Hall–Kier alpha value is -2.12. The molecule has 2 atom stereocenters. The first-order valence-electron chi connectivity index (χ1n) is 12.1. The standard InChI is InChI=1S/C27H33BrN2O4/c1-25-10-19-11-26(2,15-25)17-27(12-19,16-25)29-13-21-22(28)8-9-23(33-3)24(21)34-14-18-4-6-20(7-5-18)30(31)32/h4-9,19,29H,10-17H2,1-3H3. The molecule has 182 valence electrons. The summed E-state index contributed by atoms with van der Waals surface area (Å²) in [4.78, 5) is 10.6. The molecule has 4 aliphatic rings. The zero-order valence-electron chi connectivity index (χ0n) is 20.2. The summed E-state index contributed by atoms with van der Waals surface area (Å²) >= 11 is 3.74. The topological polar surface area (TPSA) is 73.6 Å². The summed E-state index contributed by atoms with van der Waals surface area (Å²) in [5.41, 5.74) is 3.07. The van der Waals surface area contributed by atoms with Crippen LogP contribution in [0, 0.1) is 26.9 Å². The maximum Gasteiger partial charge on any atom is 0.269 e. The van der Waals surface area contributed by atoms with Crippen molar-refractivity contribution in [1.82, 2.24) is 5.32 Å². The van der Waals surface area contributed by atoms with E-state index < -0.39 is 4.92 Å². The highest BCUT2D eigenvalue weighted by atomic mass is 79.9. The molecule has 7 heteroatoms. The van der Waals surface area contributed by atoms with E-state index >= 15 is 0 Å². The highest BCUT2D eigenvalue weighted by molar-refractivity contribution is 9.10. The van der Waals surface area contributed by atoms with Crippen molar-refractivity contribution in [2.75, 3.05) is 7.11 Å².